The molecule has 1 saturated heterocycles. The van der Waals surface area contributed by atoms with E-state index < -0.39 is 41.0 Å². The maximum absolute atomic E-state index is 12.5. The Labute approximate surface area is 206 Å². The van der Waals surface area contributed by atoms with E-state index in [0.717, 1.165) is 16.3 Å². The van der Waals surface area contributed by atoms with Crippen molar-refractivity contribution in [1.82, 2.24) is 0 Å². The molecular weight excluding hydrogens is 446 g/mol. The Kier molecular flexibility index (Phi) is 8.00. The molecule has 0 saturated carbocycles. The zero-order chi connectivity index (χ0) is 25.8. The molecule has 7 nitrogen and oxygen atoms in total. The van der Waals surface area contributed by atoms with Gasteiger partial charge in [0.2, 0.25) is 0 Å². The molecule has 1 fully saturated rings. The van der Waals surface area contributed by atoms with Crippen LogP contribution in [0.15, 0.2) is 60.1 Å². The third-order valence-electron chi connectivity index (χ3n) is 5.81. The zero-order valence-corrected chi connectivity index (χ0v) is 21.1. The second kappa shape index (κ2) is 10.6. The van der Waals surface area contributed by atoms with Gasteiger partial charge in [-0.3, -0.25) is 0 Å². The van der Waals surface area contributed by atoms with Gasteiger partial charge in [0.15, 0.2) is 18.0 Å². The Morgan fingerprint density at radius 1 is 1.26 bits per heavy atom. The molecule has 3 rings (SSSR count). The molecule has 0 radical (unpaired) electrons. The summed E-state index contributed by atoms with van der Waals surface area (Å²) in [5.41, 5.74) is -0.340. The van der Waals surface area contributed by atoms with Crippen molar-refractivity contribution in [2.45, 2.75) is 58.8 Å². The number of carbonyl (C=O) groups is 2. The first-order chi connectivity index (χ1) is 16.4. The molecule has 1 aliphatic heterocycles. The van der Waals surface area contributed by atoms with E-state index >= 15 is 0 Å². The Morgan fingerprint density at radius 3 is 2.51 bits per heavy atom. The van der Waals surface area contributed by atoms with E-state index in [0.29, 0.717) is 0 Å². The number of aliphatic carboxylic acids is 1. The van der Waals surface area contributed by atoms with Crippen molar-refractivity contribution in [3.63, 3.8) is 0 Å². The van der Waals surface area contributed by atoms with Gasteiger partial charge in [0.1, 0.15) is 5.60 Å². The summed E-state index contributed by atoms with van der Waals surface area (Å²) in [6.07, 6.45) is 0.527. The summed E-state index contributed by atoms with van der Waals surface area (Å²) < 4.78 is 17.2. The van der Waals surface area contributed by atoms with E-state index in [1.165, 1.54) is 6.08 Å². The zero-order valence-electron chi connectivity index (χ0n) is 21.1. The van der Waals surface area contributed by atoms with Crippen molar-refractivity contribution in [2.75, 3.05) is 13.2 Å². The Morgan fingerprint density at radius 2 is 1.94 bits per heavy atom. The SMILES string of the molecule is C=CCO[C@H](C(=O)O)[C@@H](Cc1ccc2ccccc2c1)C(=N[C@@H]1C(=O)OCC1(C)C)OC(C)(C)C. The average Bonchev–Trinajstić information content (AvgIpc) is 3.03. The van der Waals surface area contributed by atoms with Gasteiger partial charge in [-0.2, -0.15) is 0 Å². The topological polar surface area (TPSA) is 94.4 Å². The van der Waals surface area contributed by atoms with Gasteiger partial charge in [-0.25, -0.2) is 14.6 Å². The lowest BCUT2D eigenvalue weighted by Crippen LogP contribution is -2.43. The minimum absolute atomic E-state index is 0.0466. The normalized spacial score (nSPS) is 19.7. The Hall–Kier alpha value is -3.19. The monoisotopic (exact) mass is 481 g/mol. The molecule has 1 N–H and O–H groups in total. The van der Waals surface area contributed by atoms with Gasteiger partial charge in [0, 0.05) is 5.41 Å². The lowest BCUT2D eigenvalue weighted by Gasteiger charge is -2.32. The van der Waals surface area contributed by atoms with Crippen LogP contribution >= 0.6 is 0 Å². The highest BCUT2D eigenvalue weighted by Crippen LogP contribution is 2.33. The Balaban J connectivity index is 2.12. The van der Waals surface area contributed by atoms with Gasteiger partial charge in [-0.1, -0.05) is 62.4 Å². The molecular formula is C28H35NO6. The van der Waals surface area contributed by atoms with Crippen LogP contribution < -0.4 is 0 Å². The molecule has 7 heteroatoms. The number of esters is 1. The number of carboxylic acid groups (broad SMARTS) is 1. The van der Waals surface area contributed by atoms with E-state index in [2.05, 4.69) is 6.58 Å². The average molecular weight is 482 g/mol. The van der Waals surface area contributed by atoms with Gasteiger partial charge in [-0.15, -0.1) is 6.58 Å². The molecule has 2 aromatic carbocycles. The number of ether oxygens (including phenoxy) is 3. The molecule has 188 valence electrons. The van der Waals surface area contributed by atoms with E-state index in [-0.39, 0.29) is 25.5 Å². The lowest BCUT2D eigenvalue weighted by molar-refractivity contribution is -0.152. The maximum atomic E-state index is 12.5. The third-order valence-corrected chi connectivity index (χ3v) is 5.81. The summed E-state index contributed by atoms with van der Waals surface area (Å²) in [5, 5.41) is 12.2. The smallest absolute Gasteiger partial charge is 0.333 e. The van der Waals surface area contributed by atoms with Crippen LogP contribution in [0.2, 0.25) is 0 Å². The molecule has 1 heterocycles. The minimum atomic E-state index is -1.26. The van der Waals surface area contributed by atoms with E-state index in [1.54, 1.807) is 0 Å². The summed E-state index contributed by atoms with van der Waals surface area (Å²) in [6, 6.07) is 13.1. The summed E-state index contributed by atoms with van der Waals surface area (Å²) in [5.74, 6) is -2.22. The van der Waals surface area contributed by atoms with Gasteiger partial charge < -0.3 is 19.3 Å². The highest BCUT2D eigenvalue weighted by molar-refractivity contribution is 5.90. The lowest BCUT2D eigenvalue weighted by atomic mass is 9.87. The van der Waals surface area contributed by atoms with Crippen molar-refractivity contribution in [1.29, 1.82) is 0 Å². The number of hydrogen-bond donors (Lipinski definition) is 1. The fourth-order valence-electron chi connectivity index (χ4n) is 4.08. The number of nitrogens with zero attached hydrogens (tertiary/aromatic N) is 1. The summed E-state index contributed by atoms with van der Waals surface area (Å²) >= 11 is 0. The first kappa shape index (κ1) is 26.4. The van der Waals surface area contributed by atoms with Crippen LogP contribution in [0.4, 0.5) is 0 Å². The second-order valence-corrected chi connectivity index (χ2v) is 10.6. The Bertz CT molecular complexity index is 1110. The number of aliphatic imine (C=N–C) groups is 1. The van der Waals surface area contributed by atoms with Crippen LogP contribution in [0, 0.1) is 11.3 Å². The highest BCUT2D eigenvalue weighted by Gasteiger charge is 2.46. The van der Waals surface area contributed by atoms with Crippen molar-refractivity contribution < 1.29 is 28.9 Å². The van der Waals surface area contributed by atoms with Crippen molar-refractivity contribution in [2.24, 2.45) is 16.3 Å². The first-order valence-corrected chi connectivity index (χ1v) is 11.8. The van der Waals surface area contributed by atoms with E-state index in [4.69, 9.17) is 19.2 Å². The van der Waals surface area contributed by atoms with Crippen LogP contribution in [0.25, 0.3) is 10.8 Å². The summed E-state index contributed by atoms with van der Waals surface area (Å²) in [4.78, 5) is 29.7. The summed E-state index contributed by atoms with van der Waals surface area (Å²) in [6.45, 7) is 13.3. The number of hydrogen-bond acceptors (Lipinski definition) is 6. The predicted molar refractivity (Wildman–Crippen MR) is 136 cm³/mol. The molecule has 0 amide bonds. The molecule has 0 aliphatic carbocycles. The molecule has 0 spiro atoms. The van der Waals surface area contributed by atoms with Crippen molar-refractivity contribution >= 4 is 28.6 Å². The van der Waals surface area contributed by atoms with Gasteiger partial charge in [0.25, 0.3) is 0 Å². The van der Waals surface area contributed by atoms with Crippen LogP contribution in [-0.4, -0.2) is 53.9 Å². The molecule has 0 bridgehead atoms. The molecule has 0 aromatic heterocycles. The standard InChI is InChI=1S/C28H35NO6/c1-7-14-33-22(25(30)31)21(16-18-12-13-19-10-8-9-11-20(19)15-18)24(35-27(2,3)4)29-23-26(32)34-17-28(23,5)6/h7-13,15,21-23H,1,14,16-17H2,2-6H3,(H,30,31)/t21-,22+,23-/m1/s1. The summed E-state index contributed by atoms with van der Waals surface area (Å²) in [7, 11) is 0. The molecule has 2 aromatic rings. The highest BCUT2D eigenvalue weighted by atomic mass is 16.5. The van der Waals surface area contributed by atoms with Crippen molar-refractivity contribution in [3.8, 4) is 0 Å². The van der Waals surface area contributed by atoms with Crippen LogP contribution in [-0.2, 0) is 30.2 Å². The first-order valence-electron chi connectivity index (χ1n) is 11.8. The number of rotatable bonds is 9. The molecule has 0 unspecified atom stereocenters. The maximum Gasteiger partial charge on any atom is 0.333 e. The van der Waals surface area contributed by atoms with Crippen molar-refractivity contribution in [3.05, 3.63) is 60.7 Å². The number of benzene rings is 2. The number of carboxylic acids is 1. The van der Waals surface area contributed by atoms with E-state index in [1.807, 2.05) is 77.1 Å². The third kappa shape index (κ3) is 6.69. The van der Waals surface area contributed by atoms with E-state index in [9.17, 15) is 14.7 Å². The van der Waals surface area contributed by atoms with Gasteiger partial charge in [-0.05, 0) is 43.5 Å². The van der Waals surface area contributed by atoms with Crippen LogP contribution in [0.3, 0.4) is 0 Å². The fraction of sp³-hybridized carbons (Fsp3) is 0.464. The van der Waals surface area contributed by atoms with Crippen LogP contribution in [0.1, 0.15) is 40.2 Å². The van der Waals surface area contributed by atoms with Gasteiger partial charge in [0.05, 0.1) is 19.1 Å². The number of cyclic esters (lactones) is 1. The number of fused-ring (bicyclic) bond motifs is 1. The molecule has 35 heavy (non-hydrogen) atoms. The van der Waals surface area contributed by atoms with Gasteiger partial charge >= 0.3 is 11.9 Å². The quantitative estimate of drug-likeness (QED) is 0.239. The largest absolute Gasteiger partial charge is 0.479 e. The minimum Gasteiger partial charge on any atom is -0.479 e. The van der Waals surface area contributed by atoms with Crippen LogP contribution in [0.5, 0.6) is 0 Å². The molecule has 1 aliphatic rings. The second-order valence-electron chi connectivity index (χ2n) is 10.6. The number of carbonyl (C=O) groups excluding carboxylic acids is 1. The molecule has 3 atom stereocenters. The fourth-order valence-corrected chi connectivity index (χ4v) is 4.08. The predicted octanol–water partition coefficient (Wildman–Crippen LogP) is 4.82.